The van der Waals surface area contributed by atoms with Crippen LogP contribution in [0.5, 0.6) is 5.75 Å². The van der Waals surface area contributed by atoms with Crippen LogP contribution in [0.15, 0.2) is 48.5 Å². The molecule has 4 rings (SSSR count). The second-order valence-electron chi connectivity index (χ2n) is 7.11. The van der Waals surface area contributed by atoms with Gasteiger partial charge in [-0.3, -0.25) is 4.79 Å². The van der Waals surface area contributed by atoms with Gasteiger partial charge in [0.2, 0.25) is 5.95 Å². The van der Waals surface area contributed by atoms with E-state index in [2.05, 4.69) is 39.9 Å². The number of hydrogen-bond acceptors (Lipinski definition) is 6. The molecular weight excluding hydrogens is 364 g/mol. The van der Waals surface area contributed by atoms with E-state index >= 15 is 0 Å². The van der Waals surface area contributed by atoms with Crippen LogP contribution >= 0.6 is 0 Å². The molecule has 2 N–H and O–H groups in total. The normalized spacial score (nSPS) is 14.9. The molecule has 0 amide bonds. The van der Waals surface area contributed by atoms with Crippen molar-refractivity contribution >= 4 is 23.2 Å². The molecule has 0 saturated heterocycles. The zero-order valence-corrected chi connectivity index (χ0v) is 16.8. The van der Waals surface area contributed by atoms with Crippen molar-refractivity contribution in [3.8, 4) is 5.75 Å². The number of nitrogens with one attached hydrogen (secondary N) is 2. The summed E-state index contributed by atoms with van der Waals surface area (Å²) in [6.07, 6.45) is 1.97. The van der Waals surface area contributed by atoms with Crippen LogP contribution in [0.2, 0.25) is 0 Å². The van der Waals surface area contributed by atoms with Gasteiger partial charge in [0.25, 0.3) is 0 Å². The highest BCUT2D eigenvalue weighted by molar-refractivity contribution is 5.97. The number of carbonyl (C=O) groups excluding carboxylic acids is 1. The van der Waals surface area contributed by atoms with Crippen molar-refractivity contribution in [1.82, 2.24) is 9.97 Å². The minimum absolute atomic E-state index is 0.0367. The average molecular weight is 388 g/mol. The molecule has 148 valence electrons. The number of ketones is 1. The summed E-state index contributed by atoms with van der Waals surface area (Å²) in [4.78, 5) is 21.3. The van der Waals surface area contributed by atoms with Gasteiger partial charge in [0.05, 0.1) is 18.4 Å². The Bertz CT molecular complexity index is 1050. The molecule has 6 nitrogen and oxygen atoms in total. The van der Waals surface area contributed by atoms with Gasteiger partial charge in [-0.05, 0) is 37.5 Å². The number of ether oxygens (including phenoxy) is 1. The Balaban J connectivity index is 1.70. The lowest BCUT2D eigenvalue weighted by Gasteiger charge is -2.15. The zero-order chi connectivity index (χ0) is 20.4. The Morgan fingerprint density at radius 1 is 1.14 bits per heavy atom. The number of carbonyl (C=O) groups is 1. The number of methoxy groups -OCH3 is 1. The topological polar surface area (TPSA) is 76.1 Å². The first-order chi connectivity index (χ1) is 14.1. The number of nitrogens with zero attached hydrogens (tertiary/aromatic N) is 2. The molecule has 1 aromatic heterocycles. The lowest BCUT2D eigenvalue weighted by atomic mass is 9.97. The van der Waals surface area contributed by atoms with Gasteiger partial charge in [0, 0.05) is 30.3 Å². The van der Waals surface area contributed by atoms with Gasteiger partial charge in [0.1, 0.15) is 11.6 Å². The van der Waals surface area contributed by atoms with Gasteiger partial charge in [-0.2, -0.15) is 4.98 Å². The summed E-state index contributed by atoms with van der Waals surface area (Å²) >= 11 is 0. The van der Waals surface area contributed by atoms with Crippen molar-refractivity contribution in [3.05, 3.63) is 70.9 Å². The van der Waals surface area contributed by atoms with Crippen LogP contribution in [0.25, 0.3) is 0 Å². The van der Waals surface area contributed by atoms with E-state index in [0.717, 1.165) is 30.0 Å². The number of Topliss-reactive ketones (excluding diaryl/α,β-unsaturated/α-hetero) is 1. The number of anilines is 3. The van der Waals surface area contributed by atoms with Gasteiger partial charge in [-0.25, -0.2) is 4.98 Å². The van der Waals surface area contributed by atoms with Crippen LogP contribution in [-0.4, -0.2) is 29.9 Å². The van der Waals surface area contributed by atoms with Crippen molar-refractivity contribution in [3.63, 3.8) is 0 Å². The first-order valence-corrected chi connectivity index (χ1v) is 9.70. The molecule has 0 saturated carbocycles. The molecule has 1 aliphatic rings. The predicted octanol–water partition coefficient (Wildman–Crippen LogP) is 4.55. The average Bonchev–Trinajstić information content (AvgIpc) is 3.17. The fourth-order valence-electron chi connectivity index (χ4n) is 3.92. The molecule has 0 bridgehead atoms. The Labute approximate surface area is 170 Å². The number of fused-ring (bicyclic) bond motifs is 1. The number of benzene rings is 2. The summed E-state index contributed by atoms with van der Waals surface area (Å²) in [5.41, 5.74) is 4.82. The quantitative estimate of drug-likeness (QED) is 0.603. The van der Waals surface area contributed by atoms with Crippen LogP contribution < -0.4 is 15.4 Å². The van der Waals surface area contributed by atoms with Gasteiger partial charge in [-0.15, -0.1) is 0 Å². The molecule has 29 heavy (non-hydrogen) atoms. The maximum Gasteiger partial charge on any atom is 0.229 e. The Morgan fingerprint density at radius 2 is 1.93 bits per heavy atom. The second-order valence-corrected chi connectivity index (χ2v) is 7.11. The lowest BCUT2D eigenvalue weighted by molar-refractivity contribution is 0.101. The first kappa shape index (κ1) is 18.9. The summed E-state index contributed by atoms with van der Waals surface area (Å²) in [6.45, 7) is 1.53. The third-order valence-electron chi connectivity index (χ3n) is 5.33. The molecule has 2 aromatic carbocycles. The van der Waals surface area contributed by atoms with E-state index in [1.807, 2.05) is 19.2 Å². The Hall–Kier alpha value is -3.41. The highest BCUT2D eigenvalue weighted by Gasteiger charge is 2.29. The molecule has 0 fully saturated rings. The largest absolute Gasteiger partial charge is 0.496 e. The van der Waals surface area contributed by atoms with E-state index in [1.165, 1.54) is 18.1 Å². The van der Waals surface area contributed by atoms with E-state index in [4.69, 9.17) is 9.72 Å². The molecule has 0 spiro atoms. The molecule has 0 radical (unpaired) electrons. The van der Waals surface area contributed by atoms with Crippen molar-refractivity contribution < 1.29 is 9.53 Å². The fourth-order valence-corrected chi connectivity index (χ4v) is 3.92. The van der Waals surface area contributed by atoms with Crippen molar-refractivity contribution in [2.75, 3.05) is 24.8 Å². The smallest absolute Gasteiger partial charge is 0.229 e. The van der Waals surface area contributed by atoms with Gasteiger partial charge < -0.3 is 15.4 Å². The molecule has 1 heterocycles. The fraction of sp³-hybridized carbons (Fsp3) is 0.261. The summed E-state index contributed by atoms with van der Waals surface area (Å²) in [5.74, 6) is 2.12. The number of hydrogen-bond donors (Lipinski definition) is 2. The Kier molecular flexibility index (Phi) is 5.16. The number of aromatic nitrogens is 2. The molecule has 0 aliphatic heterocycles. The van der Waals surface area contributed by atoms with E-state index in [1.54, 1.807) is 19.2 Å². The molecule has 3 aromatic rings. The van der Waals surface area contributed by atoms with Crippen molar-refractivity contribution in [1.29, 1.82) is 0 Å². The highest BCUT2D eigenvalue weighted by Crippen LogP contribution is 2.40. The second kappa shape index (κ2) is 7.91. The highest BCUT2D eigenvalue weighted by atomic mass is 16.5. The van der Waals surface area contributed by atoms with Gasteiger partial charge in [-0.1, -0.05) is 30.3 Å². The van der Waals surface area contributed by atoms with Crippen LogP contribution in [0.1, 0.15) is 46.4 Å². The van der Waals surface area contributed by atoms with Crippen molar-refractivity contribution in [2.24, 2.45) is 0 Å². The summed E-state index contributed by atoms with van der Waals surface area (Å²) in [5, 5.41) is 6.48. The van der Waals surface area contributed by atoms with E-state index < -0.39 is 0 Å². The summed E-state index contributed by atoms with van der Waals surface area (Å²) < 4.78 is 5.36. The van der Waals surface area contributed by atoms with Crippen LogP contribution in [0.4, 0.5) is 17.5 Å². The maximum atomic E-state index is 11.7. The first-order valence-electron chi connectivity index (χ1n) is 9.70. The van der Waals surface area contributed by atoms with Gasteiger partial charge in [0.15, 0.2) is 5.78 Å². The molecule has 1 unspecified atom stereocenters. The predicted molar refractivity (Wildman–Crippen MR) is 114 cm³/mol. The third-order valence-corrected chi connectivity index (χ3v) is 5.33. The summed E-state index contributed by atoms with van der Waals surface area (Å²) in [6, 6.07) is 15.8. The monoisotopic (exact) mass is 388 g/mol. The van der Waals surface area contributed by atoms with Crippen LogP contribution in [0, 0.1) is 0 Å². The van der Waals surface area contributed by atoms with E-state index in [0.29, 0.717) is 17.3 Å². The Morgan fingerprint density at radius 3 is 2.62 bits per heavy atom. The SMILES string of the molecule is CNc1nc(Nc2ccc(C(C)=O)c(OC)c2)nc2c1CCC2c1ccccc1. The van der Waals surface area contributed by atoms with E-state index in [-0.39, 0.29) is 11.7 Å². The maximum absolute atomic E-state index is 11.7. The van der Waals surface area contributed by atoms with Gasteiger partial charge >= 0.3 is 0 Å². The molecule has 6 heteroatoms. The lowest BCUT2D eigenvalue weighted by Crippen LogP contribution is -2.08. The van der Waals surface area contributed by atoms with Crippen LogP contribution in [-0.2, 0) is 6.42 Å². The van der Waals surface area contributed by atoms with Crippen molar-refractivity contribution in [2.45, 2.75) is 25.7 Å². The standard InChI is InChI=1S/C23H24N4O2/c1-14(28)17-10-9-16(13-20(17)29-3)25-23-26-21-18(15-7-5-4-6-8-15)11-12-19(21)22(24-2)27-23/h4-10,13,18H,11-12H2,1-3H3,(H2,24,25,26,27). The van der Waals surface area contributed by atoms with Crippen LogP contribution in [0.3, 0.4) is 0 Å². The summed E-state index contributed by atoms with van der Waals surface area (Å²) in [7, 11) is 3.44. The molecule has 1 atom stereocenters. The minimum Gasteiger partial charge on any atom is -0.496 e. The molecule has 1 aliphatic carbocycles. The zero-order valence-electron chi connectivity index (χ0n) is 16.8. The molecular formula is C23H24N4O2. The number of rotatable bonds is 6. The van der Waals surface area contributed by atoms with E-state index in [9.17, 15) is 4.79 Å². The minimum atomic E-state index is -0.0367. The third kappa shape index (κ3) is 3.66.